The second-order valence-corrected chi connectivity index (χ2v) is 8.82. The number of benzene rings is 1. The lowest BCUT2D eigenvalue weighted by Gasteiger charge is -2.21. The first-order valence-corrected chi connectivity index (χ1v) is 10.6. The van der Waals surface area contributed by atoms with E-state index >= 15 is 0 Å². The molecule has 148 valence electrons. The van der Waals surface area contributed by atoms with Crippen LogP contribution in [-0.2, 0) is 43.0 Å². The highest BCUT2D eigenvalue weighted by Crippen LogP contribution is 2.28. The topological polar surface area (TPSA) is 77.6 Å². The first-order chi connectivity index (χ1) is 13.5. The van der Waals surface area contributed by atoms with E-state index < -0.39 is 10.0 Å². The lowest BCUT2D eigenvalue weighted by molar-refractivity contribution is 0.353. The number of aryl methyl sites for hydroxylation is 1. The van der Waals surface area contributed by atoms with Gasteiger partial charge in [0.2, 0.25) is 10.0 Å². The maximum atomic E-state index is 13.4. The summed E-state index contributed by atoms with van der Waals surface area (Å²) in [4.78, 5) is 0.215. The molecule has 0 saturated heterocycles. The highest BCUT2D eigenvalue weighted by Gasteiger charge is 2.29. The minimum absolute atomic E-state index is 0.146. The van der Waals surface area contributed by atoms with Crippen molar-refractivity contribution in [3.8, 4) is 5.75 Å². The van der Waals surface area contributed by atoms with Gasteiger partial charge in [-0.05, 0) is 61.2 Å². The highest BCUT2D eigenvalue weighted by atomic mass is 32.2. The van der Waals surface area contributed by atoms with Crippen molar-refractivity contribution < 1.29 is 17.6 Å². The van der Waals surface area contributed by atoms with Crippen LogP contribution in [0.25, 0.3) is 0 Å². The summed E-state index contributed by atoms with van der Waals surface area (Å²) in [5.41, 5.74) is 3.20. The van der Waals surface area contributed by atoms with Gasteiger partial charge in [0.05, 0.1) is 37.1 Å². The van der Waals surface area contributed by atoms with E-state index in [4.69, 9.17) is 9.15 Å². The van der Waals surface area contributed by atoms with Crippen molar-refractivity contribution >= 4 is 10.0 Å². The second kappa shape index (κ2) is 7.44. The molecule has 8 heteroatoms. The molecule has 0 bridgehead atoms. The van der Waals surface area contributed by atoms with Crippen LogP contribution in [0.2, 0.25) is 0 Å². The van der Waals surface area contributed by atoms with Crippen molar-refractivity contribution in [1.82, 2.24) is 14.1 Å². The smallest absolute Gasteiger partial charge is 0.243 e. The molecule has 0 amide bonds. The molecular formula is C20H23N3O4S. The summed E-state index contributed by atoms with van der Waals surface area (Å²) in [6.07, 6.45) is 4.56. The van der Waals surface area contributed by atoms with Gasteiger partial charge in [-0.2, -0.15) is 9.40 Å². The Bertz CT molecular complexity index is 1050. The number of fused-ring (bicyclic) bond motifs is 1. The molecule has 0 fully saturated rings. The predicted molar refractivity (Wildman–Crippen MR) is 103 cm³/mol. The molecule has 0 N–H and O–H groups in total. The average Bonchev–Trinajstić information content (AvgIpc) is 3.42. The maximum absolute atomic E-state index is 13.4. The van der Waals surface area contributed by atoms with Crippen molar-refractivity contribution in [3.63, 3.8) is 0 Å². The minimum Gasteiger partial charge on any atom is -0.497 e. The van der Waals surface area contributed by atoms with Gasteiger partial charge in [0.25, 0.3) is 0 Å². The molecule has 1 aromatic carbocycles. The molecule has 2 heterocycles. The largest absolute Gasteiger partial charge is 0.497 e. The first kappa shape index (κ1) is 18.8. The van der Waals surface area contributed by atoms with Crippen molar-refractivity contribution in [1.29, 1.82) is 0 Å². The maximum Gasteiger partial charge on any atom is 0.243 e. The van der Waals surface area contributed by atoms with E-state index in [-0.39, 0.29) is 18.0 Å². The molecule has 4 rings (SSSR count). The number of rotatable bonds is 7. The van der Waals surface area contributed by atoms with Crippen molar-refractivity contribution in [2.24, 2.45) is 7.05 Å². The number of nitrogens with zero attached hydrogens (tertiary/aromatic N) is 3. The molecule has 3 aromatic rings. The van der Waals surface area contributed by atoms with E-state index in [2.05, 4.69) is 5.10 Å². The average molecular weight is 401 g/mol. The van der Waals surface area contributed by atoms with Gasteiger partial charge in [-0.25, -0.2) is 8.42 Å². The third kappa shape index (κ3) is 3.45. The second-order valence-electron chi connectivity index (χ2n) is 6.88. The van der Waals surface area contributed by atoms with Crippen LogP contribution in [0.1, 0.15) is 29.1 Å². The molecule has 1 aliphatic carbocycles. The quantitative estimate of drug-likeness (QED) is 0.608. The first-order valence-electron chi connectivity index (χ1n) is 9.19. The van der Waals surface area contributed by atoms with Crippen LogP contribution in [0, 0.1) is 0 Å². The van der Waals surface area contributed by atoms with Crippen LogP contribution in [0.4, 0.5) is 0 Å². The Hall–Kier alpha value is -2.58. The summed E-state index contributed by atoms with van der Waals surface area (Å²) in [5.74, 6) is 1.20. The number of aromatic nitrogens is 2. The zero-order valence-electron chi connectivity index (χ0n) is 16.0. The molecule has 28 heavy (non-hydrogen) atoms. The molecule has 1 aliphatic rings. The predicted octanol–water partition coefficient (Wildman–Crippen LogP) is 2.90. The number of ether oxygens (including phenoxy) is 1. The van der Waals surface area contributed by atoms with Gasteiger partial charge in [-0.1, -0.05) is 0 Å². The van der Waals surface area contributed by atoms with E-state index in [1.807, 2.05) is 11.7 Å². The van der Waals surface area contributed by atoms with Gasteiger partial charge in [-0.15, -0.1) is 0 Å². The molecular weight excluding hydrogens is 378 g/mol. The normalized spacial score (nSPS) is 13.8. The van der Waals surface area contributed by atoms with Crippen LogP contribution >= 0.6 is 0 Å². The van der Waals surface area contributed by atoms with Crippen LogP contribution in [0.15, 0.2) is 52.0 Å². The molecule has 0 radical (unpaired) electrons. The lowest BCUT2D eigenvalue weighted by atomic mass is 10.2. The Morgan fingerprint density at radius 1 is 1.18 bits per heavy atom. The Morgan fingerprint density at radius 2 is 1.96 bits per heavy atom. The standard InChI is InChI=1S/C20H23N3O4S/c1-22-20-7-3-6-18(20)19(21-22)14-23(13-16-5-4-12-27-16)28(24,25)17-10-8-15(26-2)9-11-17/h4-5,8-12H,3,6-7,13-14H2,1-2H3. The SMILES string of the molecule is COc1ccc(S(=O)(=O)N(Cc2ccco2)Cc2nn(C)c3c2CCC3)cc1. The highest BCUT2D eigenvalue weighted by molar-refractivity contribution is 7.89. The fourth-order valence-corrected chi connectivity index (χ4v) is 5.06. The monoisotopic (exact) mass is 401 g/mol. The van der Waals surface area contributed by atoms with Gasteiger partial charge in [0.1, 0.15) is 11.5 Å². The molecule has 0 saturated carbocycles. The van der Waals surface area contributed by atoms with Gasteiger partial charge >= 0.3 is 0 Å². The van der Waals surface area contributed by atoms with Crippen LogP contribution in [-0.4, -0.2) is 29.6 Å². The molecule has 0 atom stereocenters. The fraction of sp³-hybridized carbons (Fsp3) is 0.350. The van der Waals surface area contributed by atoms with Crippen molar-refractivity contribution in [2.75, 3.05) is 7.11 Å². The van der Waals surface area contributed by atoms with Gasteiger partial charge in [0.15, 0.2) is 0 Å². The number of furan rings is 1. The molecule has 0 aliphatic heterocycles. The van der Waals surface area contributed by atoms with Crippen LogP contribution < -0.4 is 4.74 Å². The Morgan fingerprint density at radius 3 is 2.64 bits per heavy atom. The van der Waals surface area contributed by atoms with Crippen LogP contribution in [0.5, 0.6) is 5.75 Å². The number of methoxy groups -OCH3 is 1. The molecule has 7 nitrogen and oxygen atoms in total. The summed E-state index contributed by atoms with van der Waals surface area (Å²) >= 11 is 0. The molecule has 0 spiro atoms. The van der Waals surface area contributed by atoms with Gasteiger partial charge in [-0.3, -0.25) is 4.68 Å². The Labute approximate surface area is 164 Å². The van der Waals surface area contributed by atoms with Gasteiger partial charge in [0, 0.05) is 12.7 Å². The van der Waals surface area contributed by atoms with E-state index in [1.165, 1.54) is 15.6 Å². The Kier molecular flexibility index (Phi) is 4.99. The van der Waals surface area contributed by atoms with E-state index in [1.54, 1.807) is 49.8 Å². The van der Waals surface area contributed by atoms with Crippen molar-refractivity contribution in [2.45, 2.75) is 37.2 Å². The van der Waals surface area contributed by atoms with Crippen molar-refractivity contribution in [3.05, 3.63) is 65.4 Å². The zero-order valence-corrected chi connectivity index (χ0v) is 16.8. The summed E-state index contributed by atoms with van der Waals surface area (Å²) in [7, 11) is -0.271. The van der Waals surface area contributed by atoms with E-state index in [9.17, 15) is 8.42 Å². The summed E-state index contributed by atoms with van der Waals surface area (Å²) < 4.78 is 40.6. The third-order valence-electron chi connectivity index (χ3n) is 5.13. The zero-order chi connectivity index (χ0) is 19.7. The summed E-state index contributed by atoms with van der Waals surface area (Å²) in [6, 6.07) is 9.95. The summed E-state index contributed by atoms with van der Waals surface area (Å²) in [5, 5.41) is 4.60. The Balaban J connectivity index is 1.69. The third-order valence-corrected chi connectivity index (χ3v) is 6.94. The molecule has 0 unspecified atom stereocenters. The molecule has 2 aromatic heterocycles. The van der Waals surface area contributed by atoms with E-state index in [0.717, 1.165) is 25.0 Å². The minimum atomic E-state index is -3.74. The summed E-state index contributed by atoms with van der Waals surface area (Å²) in [6.45, 7) is 0.352. The number of sulfonamides is 1. The van der Waals surface area contributed by atoms with E-state index in [0.29, 0.717) is 11.5 Å². The fourth-order valence-electron chi connectivity index (χ4n) is 3.69. The van der Waals surface area contributed by atoms with Crippen LogP contribution in [0.3, 0.4) is 0 Å². The lowest BCUT2D eigenvalue weighted by Crippen LogP contribution is -2.30. The number of hydrogen-bond donors (Lipinski definition) is 0. The number of hydrogen-bond acceptors (Lipinski definition) is 5. The van der Waals surface area contributed by atoms with Gasteiger partial charge < -0.3 is 9.15 Å².